The number of rotatable bonds is 4. The highest BCUT2D eigenvalue weighted by Gasteiger charge is 2.22. The van der Waals surface area contributed by atoms with Crippen molar-refractivity contribution in [1.29, 1.82) is 0 Å². The van der Waals surface area contributed by atoms with Crippen molar-refractivity contribution in [2.75, 3.05) is 18.6 Å². The highest BCUT2D eigenvalue weighted by molar-refractivity contribution is 7.89. The van der Waals surface area contributed by atoms with Crippen LogP contribution in [0.1, 0.15) is 12.8 Å². The number of pyridine rings is 1. The number of nitrogens with one attached hydrogen (secondary N) is 2. The SMILES string of the molecule is NNc1cc(S(=O)(=O)NC2CCCOC2)ccn1. The third kappa shape index (κ3) is 3.16. The predicted molar refractivity (Wildman–Crippen MR) is 66.2 cm³/mol. The van der Waals surface area contributed by atoms with Gasteiger partial charge in [-0.3, -0.25) is 0 Å². The standard InChI is InChI=1S/C10H16N4O3S/c11-13-10-6-9(3-4-12-10)18(15,16)14-8-2-1-5-17-7-8/h3-4,6,8,14H,1-2,5,7,11H2,(H,12,13). The van der Waals surface area contributed by atoms with E-state index in [9.17, 15) is 8.42 Å². The van der Waals surface area contributed by atoms with E-state index in [0.717, 1.165) is 12.8 Å². The van der Waals surface area contributed by atoms with Gasteiger partial charge in [0.2, 0.25) is 10.0 Å². The van der Waals surface area contributed by atoms with Crippen molar-refractivity contribution in [2.45, 2.75) is 23.8 Å². The first-order valence-electron chi connectivity index (χ1n) is 5.64. The second-order valence-electron chi connectivity index (χ2n) is 4.06. The van der Waals surface area contributed by atoms with Crippen LogP contribution in [0.25, 0.3) is 0 Å². The van der Waals surface area contributed by atoms with Gasteiger partial charge in [0.1, 0.15) is 5.82 Å². The maximum atomic E-state index is 12.1. The maximum Gasteiger partial charge on any atom is 0.241 e. The number of nitrogens with zero attached hydrogens (tertiary/aromatic N) is 1. The summed E-state index contributed by atoms with van der Waals surface area (Å²) in [5, 5.41) is 0. The third-order valence-corrected chi connectivity index (χ3v) is 4.19. The van der Waals surface area contributed by atoms with Crippen LogP contribution in [0.15, 0.2) is 23.2 Å². The summed E-state index contributed by atoms with van der Waals surface area (Å²) in [4.78, 5) is 4.00. The van der Waals surface area contributed by atoms with Gasteiger partial charge in [-0.25, -0.2) is 24.0 Å². The largest absolute Gasteiger partial charge is 0.380 e. The lowest BCUT2D eigenvalue weighted by Gasteiger charge is -2.22. The van der Waals surface area contributed by atoms with E-state index in [1.807, 2.05) is 0 Å². The molecule has 1 saturated heterocycles. The Morgan fingerprint density at radius 3 is 3.00 bits per heavy atom. The lowest BCUT2D eigenvalue weighted by atomic mass is 10.1. The number of hydrogen-bond acceptors (Lipinski definition) is 6. The lowest BCUT2D eigenvalue weighted by molar-refractivity contribution is 0.0774. The maximum absolute atomic E-state index is 12.1. The summed E-state index contributed by atoms with van der Waals surface area (Å²) in [5.41, 5.74) is 2.32. The molecule has 1 fully saturated rings. The number of ether oxygens (including phenoxy) is 1. The fraction of sp³-hybridized carbons (Fsp3) is 0.500. The van der Waals surface area contributed by atoms with Gasteiger partial charge in [0.05, 0.1) is 11.5 Å². The second kappa shape index (κ2) is 5.61. The molecule has 0 spiro atoms. The van der Waals surface area contributed by atoms with E-state index >= 15 is 0 Å². The number of hydrazine groups is 1. The third-order valence-electron chi connectivity index (χ3n) is 2.67. The van der Waals surface area contributed by atoms with Crippen LogP contribution in [0.4, 0.5) is 5.82 Å². The Bertz CT molecular complexity index is 500. The average molecular weight is 272 g/mol. The van der Waals surface area contributed by atoms with Crippen LogP contribution in [-0.4, -0.2) is 32.7 Å². The van der Waals surface area contributed by atoms with Gasteiger partial charge in [0.15, 0.2) is 0 Å². The second-order valence-corrected chi connectivity index (χ2v) is 5.77. The van der Waals surface area contributed by atoms with Crippen molar-refractivity contribution in [3.05, 3.63) is 18.3 Å². The normalized spacial score (nSPS) is 20.6. The zero-order valence-corrected chi connectivity index (χ0v) is 10.6. The van der Waals surface area contributed by atoms with Crippen LogP contribution in [0, 0.1) is 0 Å². The van der Waals surface area contributed by atoms with Gasteiger partial charge < -0.3 is 10.2 Å². The fourth-order valence-corrected chi connectivity index (χ4v) is 3.05. The number of anilines is 1. The van der Waals surface area contributed by atoms with Crippen molar-refractivity contribution in [3.63, 3.8) is 0 Å². The molecular formula is C10H16N4O3S. The van der Waals surface area contributed by atoms with Gasteiger partial charge in [0, 0.05) is 24.9 Å². The molecule has 1 atom stereocenters. The Balaban J connectivity index is 2.13. The van der Waals surface area contributed by atoms with E-state index in [1.165, 1.54) is 18.3 Å². The lowest BCUT2D eigenvalue weighted by Crippen LogP contribution is -2.40. The van der Waals surface area contributed by atoms with Crippen LogP contribution >= 0.6 is 0 Å². The zero-order valence-electron chi connectivity index (χ0n) is 9.80. The molecule has 4 N–H and O–H groups in total. The summed E-state index contributed by atoms with van der Waals surface area (Å²) in [7, 11) is -3.56. The van der Waals surface area contributed by atoms with Crippen molar-refractivity contribution in [3.8, 4) is 0 Å². The molecule has 0 bridgehead atoms. The Kier molecular flexibility index (Phi) is 4.12. The molecule has 0 aliphatic carbocycles. The number of aromatic nitrogens is 1. The van der Waals surface area contributed by atoms with E-state index in [2.05, 4.69) is 15.1 Å². The number of hydrogen-bond donors (Lipinski definition) is 3. The monoisotopic (exact) mass is 272 g/mol. The van der Waals surface area contributed by atoms with Crippen molar-refractivity contribution >= 4 is 15.8 Å². The van der Waals surface area contributed by atoms with Gasteiger partial charge >= 0.3 is 0 Å². The minimum Gasteiger partial charge on any atom is -0.380 e. The highest BCUT2D eigenvalue weighted by atomic mass is 32.2. The molecular weight excluding hydrogens is 256 g/mol. The summed E-state index contributed by atoms with van der Waals surface area (Å²) < 4.78 is 32.1. The molecule has 0 saturated carbocycles. The number of nitrogens with two attached hydrogens (primary N) is 1. The van der Waals surface area contributed by atoms with Gasteiger partial charge in [-0.15, -0.1) is 0 Å². The van der Waals surface area contributed by atoms with E-state index in [-0.39, 0.29) is 10.9 Å². The Morgan fingerprint density at radius 1 is 1.50 bits per heavy atom. The molecule has 1 aliphatic rings. The Morgan fingerprint density at radius 2 is 2.33 bits per heavy atom. The van der Waals surface area contributed by atoms with Crippen molar-refractivity contribution in [1.82, 2.24) is 9.71 Å². The molecule has 8 heteroatoms. The summed E-state index contributed by atoms with van der Waals surface area (Å²) >= 11 is 0. The van der Waals surface area contributed by atoms with E-state index in [1.54, 1.807) is 0 Å². The van der Waals surface area contributed by atoms with Gasteiger partial charge in [-0.1, -0.05) is 0 Å². The molecule has 1 unspecified atom stereocenters. The molecule has 0 amide bonds. The summed E-state index contributed by atoms with van der Waals surface area (Å²) in [6.07, 6.45) is 3.03. The predicted octanol–water partition coefficient (Wildman–Crippen LogP) is -0.175. The molecule has 2 heterocycles. The highest BCUT2D eigenvalue weighted by Crippen LogP contribution is 2.14. The molecule has 18 heavy (non-hydrogen) atoms. The summed E-state index contributed by atoms with van der Waals surface area (Å²) in [5.74, 6) is 5.50. The van der Waals surface area contributed by atoms with Crippen LogP contribution < -0.4 is 16.0 Å². The average Bonchev–Trinajstić information content (AvgIpc) is 2.39. The quantitative estimate of drug-likeness (QED) is 0.519. The molecule has 2 rings (SSSR count). The van der Waals surface area contributed by atoms with Crippen molar-refractivity contribution in [2.24, 2.45) is 5.84 Å². The van der Waals surface area contributed by atoms with E-state index in [0.29, 0.717) is 19.0 Å². The molecule has 1 aromatic rings. The molecule has 1 aromatic heterocycles. The minimum absolute atomic E-state index is 0.135. The molecule has 0 radical (unpaired) electrons. The number of nitrogen functional groups attached to an aromatic ring is 1. The van der Waals surface area contributed by atoms with E-state index < -0.39 is 10.0 Å². The van der Waals surface area contributed by atoms with Crippen molar-refractivity contribution < 1.29 is 13.2 Å². The Labute approximate surface area is 106 Å². The van der Waals surface area contributed by atoms with Crippen LogP contribution in [0.2, 0.25) is 0 Å². The van der Waals surface area contributed by atoms with Crippen LogP contribution in [-0.2, 0) is 14.8 Å². The smallest absolute Gasteiger partial charge is 0.241 e. The van der Waals surface area contributed by atoms with Gasteiger partial charge in [-0.05, 0) is 18.9 Å². The topological polar surface area (TPSA) is 106 Å². The Hall–Kier alpha value is -1.22. The minimum atomic E-state index is -3.56. The summed E-state index contributed by atoms with van der Waals surface area (Å²) in [6.45, 7) is 1.10. The number of sulfonamides is 1. The van der Waals surface area contributed by atoms with Gasteiger partial charge in [0.25, 0.3) is 0 Å². The molecule has 0 aromatic carbocycles. The summed E-state index contributed by atoms with van der Waals surface area (Å²) in [6, 6.07) is 2.63. The molecule has 1 aliphatic heterocycles. The van der Waals surface area contributed by atoms with Crippen LogP contribution in [0.5, 0.6) is 0 Å². The first-order valence-corrected chi connectivity index (χ1v) is 7.13. The first-order chi connectivity index (χ1) is 8.62. The van der Waals surface area contributed by atoms with Gasteiger partial charge in [-0.2, -0.15) is 0 Å². The molecule has 100 valence electrons. The van der Waals surface area contributed by atoms with E-state index in [4.69, 9.17) is 10.6 Å². The fourth-order valence-electron chi connectivity index (χ4n) is 1.78. The molecule has 7 nitrogen and oxygen atoms in total. The van der Waals surface area contributed by atoms with Crippen LogP contribution in [0.3, 0.4) is 0 Å². The first kappa shape index (κ1) is 13.2. The zero-order chi connectivity index (χ0) is 13.0.